The first-order chi connectivity index (χ1) is 9.24. The monoisotopic (exact) mass is 282 g/mol. The Morgan fingerprint density at radius 1 is 1.63 bits per heavy atom. The zero-order valence-corrected chi connectivity index (χ0v) is 11.2. The maximum absolute atomic E-state index is 12.1. The van der Waals surface area contributed by atoms with Crippen LogP contribution >= 0.6 is 11.3 Å². The number of amides is 1. The van der Waals surface area contributed by atoms with Crippen LogP contribution in [0.25, 0.3) is 10.7 Å². The standard InChI is InChI=1S/C11H14N4O3S/c1-17-5-2-3-13-10(16)7-8(15-18-9(7)12)11-14-4-6-19-11/h4,6H,2-3,5,12H2,1H3,(H,13,16). The number of ether oxygens (including phenoxy) is 1. The van der Waals surface area contributed by atoms with E-state index in [4.69, 9.17) is 15.0 Å². The van der Waals surface area contributed by atoms with Crippen LogP contribution < -0.4 is 11.1 Å². The first-order valence-electron chi connectivity index (χ1n) is 5.66. The fourth-order valence-corrected chi connectivity index (χ4v) is 2.14. The lowest BCUT2D eigenvalue weighted by molar-refractivity contribution is 0.0949. The fraction of sp³-hybridized carbons (Fsp3) is 0.364. The van der Waals surface area contributed by atoms with Crippen LogP contribution in [0, 0.1) is 0 Å². The number of nitrogens with one attached hydrogen (secondary N) is 1. The summed E-state index contributed by atoms with van der Waals surface area (Å²) in [6.07, 6.45) is 2.35. The van der Waals surface area contributed by atoms with E-state index in [9.17, 15) is 4.79 Å². The Morgan fingerprint density at radius 3 is 3.16 bits per heavy atom. The van der Waals surface area contributed by atoms with E-state index in [0.717, 1.165) is 6.42 Å². The van der Waals surface area contributed by atoms with Crippen molar-refractivity contribution in [2.75, 3.05) is 26.0 Å². The maximum atomic E-state index is 12.1. The van der Waals surface area contributed by atoms with Crippen LogP contribution in [0.5, 0.6) is 0 Å². The van der Waals surface area contributed by atoms with Crippen molar-refractivity contribution in [3.8, 4) is 10.7 Å². The molecule has 0 saturated heterocycles. The van der Waals surface area contributed by atoms with E-state index in [2.05, 4.69) is 15.5 Å². The molecule has 102 valence electrons. The zero-order chi connectivity index (χ0) is 13.7. The number of anilines is 1. The molecule has 0 bridgehead atoms. The molecule has 0 unspecified atom stereocenters. The Morgan fingerprint density at radius 2 is 2.47 bits per heavy atom. The molecule has 7 nitrogen and oxygen atoms in total. The van der Waals surface area contributed by atoms with Gasteiger partial charge in [-0.3, -0.25) is 4.79 Å². The summed E-state index contributed by atoms with van der Waals surface area (Å²) in [6, 6.07) is 0. The Hall–Kier alpha value is -1.93. The SMILES string of the molecule is COCCCNC(=O)c1c(-c2nccs2)noc1N. The Labute approximate surface area is 113 Å². The second-order valence-electron chi connectivity index (χ2n) is 3.71. The van der Waals surface area contributed by atoms with Crippen molar-refractivity contribution in [3.05, 3.63) is 17.1 Å². The van der Waals surface area contributed by atoms with E-state index >= 15 is 0 Å². The summed E-state index contributed by atoms with van der Waals surface area (Å²) >= 11 is 1.36. The third kappa shape index (κ3) is 3.09. The minimum absolute atomic E-state index is 0.00515. The third-order valence-electron chi connectivity index (χ3n) is 2.39. The number of methoxy groups -OCH3 is 1. The zero-order valence-electron chi connectivity index (χ0n) is 10.4. The lowest BCUT2D eigenvalue weighted by atomic mass is 10.2. The number of nitrogens with zero attached hydrogens (tertiary/aromatic N) is 2. The van der Waals surface area contributed by atoms with Gasteiger partial charge >= 0.3 is 0 Å². The Balaban J connectivity index is 2.11. The summed E-state index contributed by atoms with van der Waals surface area (Å²) in [5.41, 5.74) is 6.24. The topological polar surface area (TPSA) is 103 Å². The van der Waals surface area contributed by atoms with Gasteiger partial charge in [-0.25, -0.2) is 4.98 Å². The normalized spacial score (nSPS) is 10.6. The van der Waals surface area contributed by atoms with Gasteiger partial charge in [0.15, 0.2) is 5.69 Å². The van der Waals surface area contributed by atoms with Gasteiger partial charge in [-0.2, -0.15) is 0 Å². The lowest BCUT2D eigenvalue weighted by Crippen LogP contribution is -2.26. The maximum Gasteiger partial charge on any atom is 0.259 e. The molecule has 3 N–H and O–H groups in total. The molecule has 19 heavy (non-hydrogen) atoms. The number of carbonyl (C=O) groups excluding carboxylic acids is 1. The molecule has 0 radical (unpaired) electrons. The second kappa shape index (κ2) is 6.30. The van der Waals surface area contributed by atoms with Gasteiger partial charge in [0.2, 0.25) is 5.88 Å². The minimum Gasteiger partial charge on any atom is -0.385 e. The second-order valence-corrected chi connectivity index (χ2v) is 4.60. The first kappa shape index (κ1) is 13.5. The fourth-order valence-electron chi connectivity index (χ4n) is 1.52. The molecule has 0 atom stereocenters. The van der Waals surface area contributed by atoms with E-state index in [1.54, 1.807) is 18.7 Å². The van der Waals surface area contributed by atoms with Gasteiger partial charge in [-0.05, 0) is 6.42 Å². The molecule has 2 heterocycles. The highest BCUT2D eigenvalue weighted by Crippen LogP contribution is 2.28. The largest absolute Gasteiger partial charge is 0.385 e. The number of hydrogen-bond acceptors (Lipinski definition) is 7. The molecular formula is C11H14N4O3S. The van der Waals surface area contributed by atoms with E-state index in [-0.39, 0.29) is 17.4 Å². The molecule has 2 aromatic heterocycles. The molecule has 0 aliphatic carbocycles. The highest BCUT2D eigenvalue weighted by atomic mass is 32.1. The number of thiazole rings is 1. The summed E-state index contributed by atoms with van der Waals surface area (Å²) in [5, 5.41) is 8.92. The number of rotatable bonds is 6. The van der Waals surface area contributed by atoms with Gasteiger partial charge < -0.3 is 20.3 Å². The molecule has 0 aliphatic rings. The van der Waals surface area contributed by atoms with E-state index in [1.807, 2.05) is 0 Å². The smallest absolute Gasteiger partial charge is 0.259 e. The number of carbonyl (C=O) groups is 1. The van der Waals surface area contributed by atoms with Crippen molar-refractivity contribution in [2.45, 2.75) is 6.42 Å². The van der Waals surface area contributed by atoms with E-state index < -0.39 is 0 Å². The molecule has 8 heteroatoms. The van der Waals surface area contributed by atoms with Crippen LogP contribution in [0.1, 0.15) is 16.8 Å². The van der Waals surface area contributed by atoms with E-state index in [0.29, 0.717) is 23.9 Å². The van der Waals surface area contributed by atoms with Gasteiger partial charge in [0, 0.05) is 31.8 Å². The molecule has 0 aliphatic heterocycles. The molecule has 2 aromatic rings. The highest BCUT2D eigenvalue weighted by Gasteiger charge is 2.23. The number of nitrogen functional groups attached to an aromatic ring is 1. The Kier molecular flexibility index (Phi) is 4.48. The van der Waals surface area contributed by atoms with Crippen LogP contribution in [0.4, 0.5) is 5.88 Å². The van der Waals surface area contributed by atoms with Crippen LogP contribution in [-0.4, -0.2) is 36.3 Å². The van der Waals surface area contributed by atoms with Gasteiger partial charge in [-0.1, -0.05) is 5.16 Å². The lowest BCUT2D eigenvalue weighted by Gasteiger charge is -2.04. The van der Waals surface area contributed by atoms with Crippen LogP contribution in [0.15, 0.2) is 16.1 Å². The number of nitrogens with two attached hydrogens (primary N) is 1. The highest BCUT2D eigenvalue weighted by molar-refractivity contribution is 7.13. The van der Waals surface area contributed by atoms with Crippen molar-refractivity contribution in [1.82, 2.24) is 15.5 Å². The number of aromatic nitrogens is 2. The summed E-state index contributed by atoms with van der Waals surface area (Å²) in [5.74, 6) is -0.325. The molecule has 2 rings (SSSR count). The van der Waals surface area contributed by atoms with Crippen molar-refractivity contribution >= 4 is 23.1 Å². The van der Waals surface area contributed by atoms with Crippen LogP contribution in [-0.2, 0) is 4.74 Å². The predicted molar refractivity (Wildman–Crippen MR) is 70.8 cm³/mol. The summed E-state index contributed by atoms with van der Waals surface area (Å²) in [7, 11) is 1.61. The molecule has 1 amide bonds. The summed E-state index contributed by atoms with van der Waals surface area (Å²) in [6.45, 7) is 1.08. The summed E-state index contributed by atoms with van der Waals surface area (Å²) < 4.78 is 9.78. The van der Waals surface area contributed by atoms with Crippen LogP contribution in [0.3, 0.4) is 0 Å². The molecule has 0 spiro atoms. The first-order valence-corrected chi connectivity index (χ1v) is 6.54. The quantitative estimate of drug-likeness (QED) is 0.770. The van der Waals surface area contributed by atoms with Gasteiger partial charge in [-0.15, -0.1) is 11.3 Å². The Bertz CT molecular complexity index is 538. The predicted octanol–water partition coefficient (Wildman–Crippen LogP) is 1.15. The van der Waals surface area contributed by atoms with Crippen molar-refractivity contribution in [2.24, 2.45) is 0 Å². The van der Waals surface area contributed by atoms with Gasteiger partial charge in [0.05, 0.1) is 0 Å². The molecule has 0 aromatic carbocycles. The average molecular weight is 282 g/mol. The van der Waals surface area contributed by atoms with Crippen molar-refractivity contribution in [1.29, 1.82) is 0 Å². The molecule has 0 saturated carbocycles. The van der Waals surface area contributed by atoms with Crippen molar-refractivity contribution in [3.63, 3.8) is 0 Å². The average Bonchev–Trinajstić information content (AvgIpc) is 3.03. The van der Waals surface area contributed by atoms with E-state index in [1.165, 1.54) is 11.3 Å². The summed E-state index contributed by atoms with van der Waals surface area (Å²) in [4.78, 5) is 16.1. The van der Waals surface area contributed by atoms with Crippen LogP contribution in [0.2, 0.25) is 0 Å². The minimum atomic E-state index is -0.319. The van der Waals surface area contributed by atoms with Gasteiger partial charge in [0.25, 0.3) is 5.91 Å². The number of hydrogen-bond donors (Lipinski definition) is 2. The molecule has 0 fully saturated rings. The third-order valence-corrected chi connectivity index (χ3v) is 3.17. The van der Waals surface area contributed by atoms with Crippen molar-refractivity contribution < 1.29 is 14.1 Å². The molecular weight excluding hydrogens is 268 g/mol. The van der Waals surface area contributed by atoms with Gasteiger partial charge in [0.1, 0.15) is 10.6 Å².